The summed E-state index contributed by atoms with van der Waals surface area (Å²) in [4.78, 5) is 11.8. The van der Waals surface area contributed by atoms with Crippen molar-refractivity contribution >= 4 is 5.97 Å². The summed E-state index contributed by atoms with van der Waals surface area (Å²) < 4.78 is 4.85. The molecular weight excluding hydrogens is 210 g/mol. The highest BCUT2D eigenvalue weighted by molar-refractivity contribution is 5.82. The van der Waals surface area contributed by atoms with Crippen molar-refractivity contribution in [2.45, 2.75) is 57.7 Å². The Morgan fingerprint density at radius 2 is 1.94 bits per heavy atom. The van der Waals surface area contributed by atoms with Crippen LogP contribution in [0.3, 0.4) is 0 Å². The molecule has 1 aliphatic heterocycles. The zero-order valence-electron chi connectivity index (χ0n) is 10.5. The van der Waals surface area contributed by atoms with Crippen molar-refractivity contribution in [2.75, 3.05) is 6.61 Å². The van der Waals surface area contributed by atoms with Gasteiger partial charge in [-0.3, -0.25) is 0 Å². The number of hydroxylamine groups is 2. The van der Waals surface area contributed by atoms with Crippen molar-refractivity contribution in [3.05, 3.63) is 5.21 Å². The molecule has 16 heavy (non-hydrogen) atoms. The Kier molecular flexibility index (Phi) is 3.09. The van der Waals surface area contributed by atoms with Crippen LogP contribution >= 0.6 is 0 Å². The quantitative estimate of drug-likeness (QED) is 0.717. The summed E-state index contributed by atoms with van der Waals surface area (Å²) in [6.07, 6.45) is 0.0787. The minimum absolute atomic E-state index is 0.0787. The first-order valence-corrected chi connectivity index (χ1v) is 5.46. The van der Waals surface area contributed by atoms with Gasteiger partial charge >= 0.3 is 5.97 Å². The van der Waals surface area contributed by atoms with Crippen LogP contribution in [0.1, 0.15) is 41.0 Å². The summed E-state index contributed by atoms with van der Waals surface area (Å²) in [6, 6.07) is 0. The number of esters is 1. The van der Waals surface area contributed by atoms with Gasteiger partial charge in [0.05, 0.1) is 6.61 Å². The first-order chi connectivity index (χ1) is 7.09. The maximum absolute atomic E-state index is 12.0. The number of rotatable bonds is 2. The second kappa shape index (κ2) is 3.68. The van der Waals surface area contributed by atoms with E-state index in [1.54, 1.807) is 34.6 Å². The first kappa shape index (κ1) is 13.4. The summed E-state index contributed by atoms with van der Waals surface area (Å²) in [7, 11) is 0. The SMILES string of the molecule is CCOC(=O)C1(O)CC(C)(C)N([O-])C1(C)C. The van der Waals surface area contributed by atoms with Gasteiger partial charge in [0.15, 0.2) is 5.60 Å². The second-order valence-electron chi connectivity index (χ2n) is 5.42. The lowest BCUT2D eigenvalue weighted by Crippen LogP contribution is -2.57. The van der Waals surface area contributed by atoms with Gasteiger partial charge in [-0.1, -0.05) is 0 Å². The highest BCUT2D eigenvalue weighted by Crippen LogP contribution is 2.47. The van der Waals surface area contributed by atoms with Crippen LogP contribution in [-0.4, -0.2) is 39.4 Å². The van der Waals surface area contributed by atoms with E-state index in [1.165, 1.54) is 0 Å². The van der Waals surface area contributed by atoms with E-state index >= 15 is 0 Å². The molecule has 1 fully saturated rings. The van der Waals surface area contributed by atoms with Crippen LogP contribution < -0.4 is 0 Å². The van der Waals surface area contributed by atoms with E-state index in [4.69, 9.17) is 4.74 Å². The molecule has 5 nitrogen and oxygen atoms in total. The van der Waals surface area contributed by atoms with Crippen molar-refractivity contribution in [1.82, 2.24) is 5.06 Å². The Morgan fingerprint density at radius 1 is 1.44 bits per heavy atom. The summed E-state index contributed by atoms with van der Waals surface area (Å²) in [5.41, 5.74) is -3.69. The number of carbonyl (C=O) groups is 1. The van der Waals surface area contributed by atoms with Crippen LogP contribution in [0.25, 0.3) is 0 Å². The van der Waals surface area contributed by atoms with Crippen molar-refractivity contribution in [1.29, 1.82) is 0 Å². The van der Waals surface area contributed by atoms with Gasteiger partial charge in [-0.15, -0.1) is 0 Å². The summed E-state index contributed by atoms with van der Waals surface area (Å²) >= 11 is 0. The van der Waals surface area contributed by atoms with E-state index in [-0.39, 0.29) is 13.0 Å². The van der Waals surface area contributed by atoms with Gasteiger partial charge in [0, 0.05) is 17.5 Å². The van der Waals surface area contributed by atoms with E-state index in [9.17, 15) is 15.1 Å². The minimum Gasteiger partial charge on any atom is -0.784 e. The average Bonchev–Trinajstić information content (AvgIpc) is 2.26. The largest absolute Gasteiger partial charge is 0.784 e. The van der Waals surface area contributed by atoms with E-state index < -0.39 is 22.6 Å². The number of nitrogens with zero attached hydrogens (tertiary/aromatic N) is 1. The van der Waals surface area contributed by atoms with Gasteiger partial charge in [0.1, 0.15) is 0 Å². The maximum atomic E-state index is 12.0. The number of aliphatic hydroxyl groups is 1. The molecule has 1 heterocycles. The molecule has 5 heteroatoms. The first-order valence-electron chi connectivity index (χ1n) is 5.46. The predicted octanol–water partition coefficient (Wildman–Crippen LogP) is 1.04. The molecule has 94 valence electrons. The lowest BCUT2D eigenvalue weighted by atomic mass is 9.82. The molecule has 0 amide bonds. The maximum Gasteiger partial charge on any atom is 0.340 e. The van der Waals surface area contributed by atoms with Crippen LogP contribution in [0, 0.1) is 5.21 Å². The summed E-state index contributed by atoms with van der Waals surface area (Å²) in [5.74, 6) is -0.716. The fraction of sp³-hybridized carbons (Fsp3) is 0.909. The normalized spacial score (nSPS) is 32.7. The zero-order chi connectivity index (χ0) is 12.8. The van der Waals surface area contributed by atoms with E-state index in [0.717, 1.165) is 5.06 Å². The topological polar surface area (TPSA) is 72.8 Å². The fourth-order valence-electron chi connectivity index (χ4n) is 2.41. The molecule has 0 saturated carbocycles. The standard InChI is InChI=1S/C11H20NO4/c1-6-16-8(13)11(14)7-9(2,3)12(15)10(11,4)5/h14H,6-7H2,1-5H3/q-1. The molecular formula is C11H20NO4-. The monoisotopic (exact) mass is 230 g/mol. The van der Waals surface area contributed by atoms with Crippen LogP contribution in [0.5, 0.6) is 0 Å². The smallest absolute Gasteiger partial charge is 0.340 e. The third-order valence-electron chi connectivity index (χ3n) is 3.37. The number of hydrogen-bond donors (Lipinski definition) is 1. The Balaban J connectivity index is 3.10. The van der Waals surface area contributed by atoms with Gasteiger partial charge in [-0.2, -0.15) is 0 Å². The van der Waals surface area contributed by atoms with Crippen LogP contribution in [-0.2, 0) is 9.53 Å². The Morgan fingerprint density at radius 3 is 2.25 bits per heavy atom. The molecule has 0 aromatic heterocycles. The Hall–Kier alpha value is -0.650. The number of hydrogen-bond acceptors (Lipinski definition) is 5. The van der Waals surface area contributed by atoms with Crippen molar-refractivity contribution in [2.24, 2.45) is 0 Å². The molecule has 1 saturated heterocycles. The van der Waals surface area contributed by atoms with E-state index in [2.05, 4.69) is 0 Å². The molecule has 0 radical (unpaired) electrons. The van der Waals surface area contributed by atoms with Gasteiger partial charge in [0.2, 0.25) is 0 Å². The highest BCUT2D eigenvalue weighted by atomic mass is 16.6. The lowest BCUT2D eigenvalue weighted by Gasteiger charge is -2.48. The molecule has 0 spiro atoms. The summed E-state index contributed by atoms with van der Waals surface area (Å²) in [5, 5.41) is 23.2. The van der Waals surface area contributed by atoms with Gasteiger partial charge in [0.25, 0.3) is 0 Å². The van der Waals surface area contributed by atoms with Crippen molar-refractivity contribution in [3.63, 3.8) is 0 Å². The van der Waals surface area contributed by atoms with Crippen LogP contribution in [0.2, 0.25) is 0 Å². The molecule has 1 atom stereocenters. The van der Waals surface area contributed by atoms with Crippen molar-refractivity contribution in [3.8, 4) is 0 Å². The van der Waals surface area contributed by atoms with Crippen LogP contribution in [0.15, 0.2) is 0 Å². The predicted molar refractivity (Wildman–Crippen MR) is 59.6 cm³/mol. The number of ether oxygens (including phenoxy) is 1. The lowest BCUT2D eigenvalue weighted by molar-refractivity contribution is -0.172. The van der Waals surface area contributed by atoms with Gasteiger partial charge in [-0.25, -0.2) is 4.79 Å². The second-order valence-corrected chi connectivity index (χ2v) is 5.42. The molecule has 1 N–H and O–H groups in total. The Labute approximate surface area is 96.0 Å². The highest BCUT2D eigenvalue weighted by Gasteiger charge is 2.61. The van der Waals surface area contributed by atoms with Gasteiger partial charge < -0.3 is 20.1 Å². The Bertz CT molecular complexity index is 300. The molecule has 0 aromatic rings. The third kappa shape index (κ3) is 1.63. The molecule has 0 aromatic carbocycles. The van der Waals surface area contributed by atoms with Crippen molar-refractivity contribution < 1.29 is 14.6 Å². The van der Waals surface area contributed by atoms with Crippen LogP contribution in [0.4, 0.5) is 0 Å². The molecule has 0 aliphatic carbocycles. The summed E-state index contributed by atoms with van der Waals surface area (Å²) in [6.45, 7) is 8.40. The van der Waals surface area contributed by atoms with Gasteiger partial charge in [-0.05, 0) is 34.6 Å². The molecule has 1 aliphatic rings. The average molecular weight is 230 g/mol. The van der Waals surface area contributed by atoms with E-state index in [0.29, 0.717) is 0 Å². The fourth-order valence-corrected chi connectivity index (χ4v) is 2.41. The number of carbonyl (C=O) groups excluding carboxylic acids is 1. The molecule has 1 rings (SSSR count). The minimum atomic E-state index is -1.74. The molecule has 1 unspecified atom stereocenters. The third-order valence-corrected chi connectivity index (χ3v) is 3.37. The molecule has 0 bridgehead atoms. The zero-order valence-corrected chi connectivity index (χ0v) is 10.5. The van der Waals surface area contributed by atoms with E-state index in [1.807, 2.05) is 0 Å².